The molecule has 5 nitrogen and oxygen atoms in total. The van der Waals surface area contributed by atoms with E-state index in [9.17, 15) is 9.59 Å². The summed E-state index contributed by atoms with van der Waals surface area (Å²) in [5.41, 5.74) is 2.86. The van der Waals surface area contributed by atoms with E-state index < -0.39 is 4.95 Å². The van der Waals surface area contributed by atoms with Crippen LogP contribution in [0.1, 0.15) is 28.4 Å². The number of halogens is 1. The molecular formula is C24H22BrNO4. The van der Waals surface area contributed by atoms with Crippen LogP contribution < -0.4 is 14.8 Å². The van der Waals surface area contributed by atoms with Gasteiger partial charge in [0, 0.05) is 12.5 Å². The average Bonchev–Trinajstić information content (AvgIpc) is 3.10. The molecule has 0 spiro atoms. The second-order valence-electron chi connectivity index (χ2n) is 6.66. The number of ketones is 1. The Hall–Kier alpha value is -3.12. The summed E-state index contributed by atoms with van der Waals surface area (Å²) in [6, 6.07) is 24.8. The number of hydrogen-bond donors (Lipinski definition) is 1. The molecule has 1 N–H and O–H groups in total. The Labute approximate surface area is 184 Å². The largest absolute Gasteiger partial charge is 0.489 e. The Morgan fingerprint density at radius 3 is 2.40 bits per heavy atom. The van der Waals surface area contributed by atoms with Gasteiger partial charge in [0.25, 0.3) is 0 Å². The van der Waals surface area contributed by atoms with Crippen molar-refractivity contribution in [2.45, 2.75) is 25.1 Å². The number of carbonyl (C=O) groups excluding carboxylic acids is 2. The molecule has 6 heteroatoms. The molecule has 0 aliphatic carbocycles. The Morgan fingerprint density at radius 1 is 1.03 bits per heavy atom. The Morgan fingerprint density at radius 2 is 1.77 bits per heavy atom. The standard InChI is InChI=1S/C17H16BrNO3.C7H6O/c1-12(20)19-17(18)16(21)14-7-9-15(10-8-14)22-11-13-5-3-2-4-6-13;1-2-6-4-7(3-1)8-5-6/h2-10,17H,11H2,1H3,(H,19,20);1-4H,5H2. The molecule has 3 aromatic rings. The highest BCUT2D eigenvalue weighted by Gasteiger charge is 2.17. The summed E-state index contributed by atoms with van der Waals surface area (Å²) in [4.78, 5) is 22.3. The predicted octanol–water partition coefficient (Wildman–Crippen LogP) is 4.88. The van der Waals surface area contributed by atoms with E-state index in [1.165, 1.54) is 12.5 Å². The quantitative estimate of drug-likeness (QED) is 0.318. The van der Waals surface area contributed by atoms with Crippen molar-refractivity contribution in [2.75, 3.05) is 0 Å². The summed E-state index contributed by atoms with van der Waals surface area (Å²) in [6.45, 7) is 2.60. The number of Topliss-reactive ketones (excluding diaryl/α,β-unsaturated/α-hetero) is 1. The molecule has 1 atom stereocenters. The van der Waals surface area contributed by atoms with E-state index in [1.807, 2.05) is 42.5 Å². The number of carbonyl (C=O) groups is 2. The van der Waals surface area contributed by atoms with E-state index >= 15 is 0 Å². The normalized spacial score (nSPS) is 12.1. The first-order valence-corrected chi connectivity index (χ1v) is 10.4. The lowest BCUT2D eigenvalue weighted by Gasteiger charge is -2.10. The third-order valence-electron chi connectivity index (χ3n) is 4.25. The molecule has 0 aromatic heterocycles. The fourth-order valence-corrected chi connectivity index (χ4v) is 3.33. The van der Waals surface area contributed by atoms with Gasteiger partial charge in [0.05, 0.1) is 0 Å². The van der Waals surface area contributed by atoms with Gasteiger partial charge in [0.15, 0.2) is 5.78 Å². The van der Waals surface area contributed by atoms with Crippen LogP contribution in [0.25, 0.3) is 0 Å². The van der Waals surface area contributed by atoms with Crippen LogP contribution in [0.4, 0.5) is 0 Å². The van der Waals surface area contributed by atoms with E-state index in [0.29, 0.717) is 17.9 Å². The number of rotatable bonds is 6. The molecule has 1 aliphatic heterocycles. The molecule has 3 aromatic carbocycles. The number of benzene rings is 3. The van der Waals surface area contributed by atoms with Crippen LogP contribution in [0.5, 0.6) is 11.5 Å². The van der Waals surface area contributed by atoms with Crippen LogP contribution in [-0.2, 0) is 18.0 Å². The highest BCUT2D eigenvalue weighted by Crippen LogP contribution is 2.21. The Balaban J connectivity index is 0.000000263. The molecule has 0 radical (unpaired) electrons. The fourth-order valence-electron chi connectivity index (χ4n) is 2.74. The lowest BCUT2D eigenvalue weighted by Crippen LogP contribution is -2.34. The third-order valence-corrected chi connectivity index (χ3v) is 4.90. The van der Waals surface area contributed by atoms with E-state index in [2.05, 4.69) is 33.4 Å². The van der Waals surface area contributed by atoms with Crippen molar-refractivity contribution >= 4 is 27.6 Å². The molecule has 4 rings (SSSR count). The maximum Gasteiger partial charge on any atom is 0.218 e. The van der Waals surface area contributed by atoms with Gasteiger partial charge < -0.3 is 14.8 Å². The zero-order valence-electron chi connectivity index (χ0n) is 16.5. The van der Waals surface area contributed by atoms with E-state index in [0.717, 1.165) is 17.9 Å². The van der Waals surface area contributed by atoms with Gasteiger partial charge in [-0.05, 0) is 47.5 Å². The topological polar surface area (TPSA) is 64.6 Å². The second-order valence-corrected chi connectivity index (χ2v) is 7.58. The summed E-state index contributed by atoms with van der Waals surface area (Å²) in [5.74, 6) is 1.22. The van der Waals surface area contributed by atoms with Gasteiger partial charge in [0.2, 0.25) is 5.91 Å². The second kappa shape index (κ2) is 10.6. The molecule has 0 saturated heterocycles. The van der Waals surface area contributed by atoms with E-state index in [4.69, 9.17) is 9.47 Å². The number of ether oxygens (including phenoxy) is 2. The zero-order chi connectivity index (χ0) is 21.3. The molecule has 0 fully saturated rings. The third kappa shape index (κ3) is 6.46. The first-order chi connectivity index (χ1) is 14.5. The Bertz CT molecular complexity index is 970. The smallest absolute Gasteiger partial charge is 0.218 e. The number of fused-ring (bicyclic) bond motifs is 2. The predicted molar refractivity (Wildman–Crippen MR) is 119 cm³/mol. The summed E-state index contributed by atoms with van der Waals surface area (Å²) < 4.78 is 10.8. The van der Waals surface area contributed by atoms with Crippen molar-refractivity contribution in [1.82, 2.24) is 5.32 Å². The minimum atomic E-state index is -0.721. The van der Waals surface area contributed by atoms with Gasteiger partial charge in [-0.15, -0.1) is 0 Å². The monoisotopic (exact) mass is 467 g/mol. The van der Waals surface area contributed by atoms with Crippen molar-refractivity contribution in [1.29, 1.82) is 0 Å². The van der Waals surface area contributed by atoms with Crippen LogP contribution in [0, 0.1) is 0 Å². The minimum absolute atomic E-state index is 0.204. The van der Waals surface area contributed by atoms with Crippen molar-refractivity contribution in [3.63, 3.8) is 0 Å². The summed E-state index contributed by atoms with van der Waals surface area (Å²) in [7, 11) is 0. The van der Waals surface area contributed by atoms with Crippen molar-refractivity contribution in [3.8, 4) is 11.5 Å². The summed E-state index contributed by atoms with van der Waals surface area (Å²) in [5, 5.41) is 2.50. The average molecular weight is 468 g/mol. The number of amides is 1. The van der Waals surface area contributed by atoms with Gasteiger partial charge in [-0.1, -0.05) is 58.4 Å². The zero-order valence-corrected chi connectivity index (χ0v) is 18.1. The van der Waals surface area contributed by atoms with Gasteiger partial charge in [-0.25, -0.2) is 0 Å². The van der Waals surface area contributed by atoms with E-state index in [-0.39, 0.29) is 11.7 Å². The fraction of sp³-hybridized carbons (Fsp3) is 0.167. The molecule has 1 aliphatic rings. The number of alkyl halides is 1. The molecule has 1 heterocycles. The minimum Gasteiger partial charge on any atom is -0.489 e. The summed E-state index contributed by atoms with van der Waals surface area (Å²) in [6.07, 6.45) is 0. The first-order valence-electron chi connectivity index (χ1n) is 9.45. The van der Waals surface area contributed by atoms with Crippen LogP contribution in [0.15, 0.2) is 78.9 Å². The van der Waals surface area contributed by atoms with Crippen LogP contribution >= 0.6 is 15.9 Å². The highest BCUT2D eigenvalue weighted by atomic mass is 79.9. The molecule has 154 valence electrons. The van der Waals surface area contributed by atoms with Crippen molar-refractivity contribution in [2.24, 2.45) is 0 Å². The molecular weight excluding hydrogens is 446 g/mol. The lowest BCUT2D eigenvalue weighted by atomic mass is 10.1. The first kappa shape index (κ1) is 21.6. The van der Waals surface area contributed by atoms with Gasteiger partial charge in [-0.2, -0.15) is 0 Å². The molecule has 30 heavy (non-hydrogen) atoms. The Kier molecular flexibility index (Phi) is 7.63. The van der Waals surface area contributed by atoms with E-state index in [1.54, 1.807) is 24.3 Å². The highest BCUT2D eigenvalue weighted by molar-refractivity contribution is 9.10. The van der Waals surface area contributed by atoms with Crippen LogP contribution in [0.2, 0.25) is 0 Å². The molecule has 2 bridgehead atoms. The molecule has 1 amide bonds. The molecule has 1 unspecified atom stereocenters. The maximum absolute atomic E-state index is 12.1. The SMILES string of the molecule is CC(=O)NC(Br)C(=O)c1ccc(OCc2ccccc2)cc1.c1cc2cc(c1)OC2. The maximum atomic E-state index is 12.1. The number of hydrogen-bond acceptors (Lipinski definition) is 4. The summed E-state index contributed by atoms with van der Waals surface area (Å²) >= 11 is 3.15. The van der Waals surface area contributed by atoms with Gasteiger partial charge in [-0.3, -0.25) is 9.59 Å². The van der Waals surface area contributed by atoms with Crippen LogP contribution in [-0.4, -0.2) is 16.6 Å². The van der Waals surface area contributed by atoms with Crippen LogP contribution in [0.3, 0.4) is 0 Å². The van der Waals surface area contributed by atoms with Gasteiger partial charge >= 0.3 is 0 Å². The van der Waals surface area contributed by atoms with Gasteiger partial charge in [0.1, 0.15) is 29.7 Å². The number of nitrogens with one attached hydrogen (secondary N) is 1. The van der Waals surface area contributed by atoms with Crippen molar-refractivity contribution in [3.05, 3.63) is 95.6 Å². The lowest BCUT2D eigenvalue weighted by molar-refractivity contribution is -0.118. The van der Waals surface area contributed by atoms with Crippen molar-refractivity contribution < 1.29 is 19.1 Å². The molecule has 0 saturated carbocycles.